The molecule has 0 bridgehead atoms. The summed E-state index contributed by atoms with van der Waals surface area (Å²) in [6.45, 7) is 4.30. The molecule has 1 saturated heterocycles. The van der Waals surface area contributed by atoms with Gasteiger partial charge in [-0.25, -0.2) is 4.79 Å². The minimum absolute atomic E-state index is 0.0559. The first-order chi connectivity index (χ1) is 14.7. The molecule has 1 fully saturated rings. The van der Waals surface area contributed by atoms with Gasteiger partial charge in [0, 0.05) is 36.9 Å². The third-order valence-electron chi connectivity index (χ3n) is 5.57. The summed E-state index contributed by atoms with van der Waals surface area (Å²) in [5, 5.41) is 3.12. The third kappa shape index (κ3) is 4.25. The Bertz CT molecular complexity index is 989. The molecule has 0 aliphatic carbocycles. The number of para-hydroxylation sites is 1. The zero-order valence-corrected chi connectivity index (χ0v) is 17.4. The molecule has 1 aliphatic heterocycles. The first-order valence-electron chi connectivity index (χ1n) is 10.3. The number of ether oxygens (including phenoxy) is 1. The van der Waals surface area contributed by atoms with Crippen LogP contribution in [0, 0.1) is 0 Å². The predicted octanol–water partition coefficient (Wildman–Crippen LogP) is 5.10. The van der Waals surface area contributed by atoms with Crippen LogP contribution in [0.2, 0.25) is 0 Å². The summed E-state index contributed by atoms with van der Waals surface area (Å²) in [5.41, 5.74) is 4.10. The zero-order chi connectivity index (χ0) is 20.9. The van der Waals surface area contributed by atoms with Gasteiger partial charge in [-0.2, -0.15) is 0 Å². The van der Waals surface area contributed by atoms with Crippen molar-refractivity contribution in [2.75, 3.05) is 37.0 Å². The van der Waals surface area contributed by atoms with E-state index in [2.05, 4.69) is 41.4 Å². The van der Waals surface area contributed by atoms with Crippen molar-refractivity contribution in [2.45, 2.75) is 13.0 Å². The number of piperazine rings is 1. The highest BCUT2D eigenvalue weighted by Gasteiger charge is 2.27. The standard InChI is InChI=1S/C25H27N3O2/c1-19-18-27(16-17-28(19)21-12-14-22(30-2)15-13-21)25(29)26-24-11-7-6-10-23(24)20-8-4-3-5-9-20/h3-15,19H,16-18H2,1-2H3,(H,26,29). The number of anilines is 2. The van der Waals surface area contributed by atoms with E-state index in [4.69, 9.17) is 4.74 Å². The maximum atomic E-state index is 13.0. The van der Waals surface area contributed by atoms with E-state index >= 15 is 0 Å². The maximum absolute atomic E-state index is 13.0. The minimum atomic E-state index is -0.0559. The summed E-state index contributed by atoms with van der Waals surface area (Å²) < 4.78 is 5.25. The monoisotopic (exact) mass is 401 g/mol. The van der Waals surface area contributed by atoms with Gasteiger partial charge in [0.1, 0.15) is 5.75 Å². The third-order valence-corrected chi connectivity index (χ3v) is 5.57. The molecular formula is C25H27N3O2. The van der Waals surface area contributed by atoms with Crippen LogP contribution in [0.1, 0.15) is 6.92 Å². The zero-order valence-electron chi connectivity index (χ0n) is 17.4. The topological polar surface area (TPSA) is 44.8 Å². The molecular weight excluding hydrogens is 374 g/mol. The maximum Gasteiger partial charge on any atom is 0.321 e. The fraction of sp³-hybridized carbons (Fsp3) is 0.240. The van der Waals surface area contributed by atoms with E-state index in [0.29, 0.717) is 13.1 Å². The average molecular weight is 402 g/mol. The number of hydrogen-bond donors (Lipinski definition) is 1. The molecule has 154 valence electrons. The van der Waals surface area contributed by atoms with Gasteiger partial charge >= 0.3 is 6.03 Å². The van der Waals surface area contributed by atoms with E-state index in [0.717, 1.165) is 34.8 Å². The number of amides is 2. The van der Waals surface area contributed by atoms with E-state index in [1.165, 1.54) is 0 Å². The van der Waals surface area contributed by atoms with Crippen LogP contribution in [-0.4, -0.2) is 43.7 Å². The van der Waals surface area contributed by atoms with Gasteiger partial charge in [-0.1, -0.05) is 48.5 Å². The normalized spacial score (nSPS) is 16.3. The van der Waals surface area contributed by atoms with Gasteiger partial charge in [0.15, 0.2) is 0 Å². The molecule has 3 aromatic carbocycles. The lowest BCUT2D eigenvalue weighted by molar-refractivity contribution is 0.200. The fourth-order valence-corrected chi connectivity index (χ4v) is 3.96. The molecule has 1 heterocycles. The molecule has 1 N–H and O–H groups in total. The van der Waals surface area contributed by atoms with Crippen molar-refractivity contribution in [3.63, 3.8) is 0 Å². The summed E-state index contributed by atoms with van der Waals surface area (Å²) in [5.74, 6) is 0.849. The van der Waals surface area contributed by atoms with Crippen molar-refractivity contribution in [3.8, 4) is 16.9 Å². The van der Waals surface area contributed by atoms with Crippen LogP contribution in [0.5, 0.6) is 5.75 Å². The SMILES string of the molecule is COc1ccc(N2CCN(C(=O)Nc3ccccc3-c3ccccc3)CC2C)cc1. The number of hydrogen-bond acceptors (Lipinski definition) is 3. The summed E-state index contributed by atoms with van der Waals surface area (Å²) in [4.78, 5) is 17.2. The van der Waals surface area contributed by atoms with Crippen LogP contribution >= 0.6 is 0 Å². The van der Waals surface area contributed by atoms with Gasteiger partial charge in [-0.15, -0.1) is 0 Å². The first kappa shape index (κ1) is 19.8. The number of methoxy groups -OCH3 is 1. The lowest BCUT2D eigenvalue weighted by Crippen LogP contribution is -2.54. The summed E-state index contributed by atoms with van der Waals surface area (Å²) in [7, 11) is 1.67. The molecule has 1 atom stereocenters. The number of carbonyl (C=O) groups excluding carboxylic acids is 1. The Morgan fingerprint density at radius 1 is 0.933 bits per heavy atom. The van der Waals surface area contributed by atoms with Crippen LogP contribution in [0.4, 0.5) is 16.2 Å². The molecule has 0 aromatic heterocycles. The fourth-order valence-electron chi connectivity index (χ4n) is 3.96. The lowest BCUT2D eigenvalue weighted by Gasteiger charge is -2.41. The van der Waals surface area contributed by atoms with Gasteiger partial charge < -0.3 is 19.9 Å². The van der Waals surface area contributed by atoms with Crippen molar-refractivity contribution in [2.24, 2.45) is 0 Å². The summed E-state index contributed by atoms with van der Waals surface area (Å²) in [6, 6.07) is 26.3. The smallest absolute Gasteiger partial charge is 0.321 e. The predicted molar refractivity (Wildman–Crippen MR) is 122 cm³/mol. The highest BCUT2D eigenvalue weighted by atomic mass is 16.5. The van der Waals surface area contributed by atoms with E-state index in [-0.39, 0.29) is 12.1 Å². The van der Waals surface area contributed by atoms with Gasteiger partial charge in [-0.05, 0) is 42.8 Å². The number of carbonyl (C=O) groups is 1. The summed E-state index contributed by atoms with van der Waals surface area (Å²) in [6.07, 6.45) is 0. The van der Waals surface area contributed by atoms with Crippen molar-refractivity contribution >= 4 is 17.4 Å². The van der Waals surface area contributed by atoms with Gasteiger partial charge in [-0.3, -0.25) is 0 Å². The largest absolute Gasteiger partial charge is 0.497 e. The van der Waals surface area contributed by atoms with Crippen LogP contribution in [0.25, 0.3) is 11.1 Å². The molecule has 30 heavy (non-hydrogen) atoms. The van der Waals surface area contributed by atoms with Crippen LogP contribution < -0.4 is 15.0 Å². The highest BCUT2D eigenvalue weighted by Crippen LogP contribution is 2.28. The Morgan fingerprint density at radius 3 is 2.33 bits per heavy atom. The number of benzene rings is 3. The molecule has 2 amide bonds. The molecule has 3 aromatic rings. The van der Waals surface area contributed by atoms with Gasteiger partial charge in [0.2, 0.25) is 0 Å². The molecule has 1 aliphatic rings. The van der Waals surface area contributed by atoms with Crippen LogP contribution in [-0.2, 0) is 0 Å². The Kier molecular flexibility index (Phi) is 5.89. The van der Waals surface area contributed by atoms with Gasteiger partial charge in [0.25, 0.3) is 0 Å². The van der Waals surface area contributed by atoms with Crippen molar-refractivity contribution < 1.29 is 9.53 Å². The minimum Gasteiger partial charge on any atom is -0.497 e. The molecule has 5 heteroatoms. The second-order valence-corrected chi connectivity index (χ2v) is 7.53. The number of rotatable bonds is 4. The lowest BCUT2D eigenvalue weighted by atomic mass is 10.0. The second-order valence-electron chi connectivity index (χ2n) is 7.53. The number of nitrogens with zero attached hydrogens (tertiary/aromatic N) is 2. The Labute approximate surface area is 177 Å². The van der Waals surface area contributed by atoms with E-state index in [1.54, 1.807) is 7.11 Å². The molecule has 1 unspecified atom stereocenters. The van der Waals surface area contributed by atoms with Crippen molar-refractivity contribution in [1.29, 1.82) is 0 Å². The van der Waals surface area contributed by atoms with E-state index in [1.807, 2.05) is 59.5 Å². The first-order valence-corrected chi connectivity index (χ1v) is 10.3. The Hall–Kier alpha value is -3.47. The Morgan fingerprint density at radius 2 is 1.63 bits per heavy atom. The second kappa shape index (κ2) is 8.91. The van der Waals surface area contributed by atoms with E-state index < -0.39 is 0 Å². The highest BCUT2D eigenvalue weighted by molar-refractivity contribution is 5.94. The van der Waals surface area contributed by atoms with Gasteiger partial charge in [0.05, 0.1) is 12.8 Å². The van der Waals surface area contributed by atoms with Crippen LogP contribution in [0.3, 0.4) is 0 Å². The Balaban J connectivity index is 1.43. The number of nitrogens with one attached hydrogen (secondary N) is 1. The van der Waals surface area contributed by atoms with Crippen molar-refractivity contribution in [1.82, 2.24) is 4.90 Å². The molecule has 0 radical (unpaired) electrons. The van der Waals surface area contributed by atoms with E-state index in [9.17, 15) is 4.79 Å². The van der Waals surface area contributed by atoms with Crippen LogP contribution in [0.15, 0.2) is 78.9 Å². The molecule has 4 rings (SSSR count). The molecule has 0 saturated carbocycles. The van der Waals surface area contributed by atoms with Crippen molar-refractivity contribution in [3.05, 3.63) is 78.9 Å². The molecule has 0 spiro atoms. The molecule has 5 nitrogen and oxygen atoms in total. The average Bonchev–Trinajstić information content (AvgIpc) is 2.80. The number of urea groups is 1. The summed E-state index contributed by atoms with van der Waals surface area (Å²) >= 11 is 0. The quantitative estimate of drug-likeness (QED) is 0.661.